The van der Waals surface area contributed by atoms with Crippen molar-refractivity contribution < 1.29 is 4.79 Å². The van der Waals surface area contributed by atoms with Gasteiger partial charge in [0.05, 0.1) is 0 Å². The monoisotopic (exact) mass is 240 g/mol. The van der Waals surface area contributed by atoms with E-state index < -0.39 is 0 Å². The average Bonchev–Trinajstić information content (AvgIpc) is 2.24. The second-order valence-corrected chi connectivity index (χ2v) is 6.27. The fourth-order valence-electron chi connectivity index (χ4n) is 2.39. The Balaban J connectivity index is 2.09. The van der Waals surface area contributed by atoms with Crippen molar-refractivity contribution in [1.29, 1.82) is 0 Å². The third kappa shape index (κ3) is 6.06. The SMILES string of the molecule is CC(=O)N1CCC(CCCNC(C)(C)C)CC1. The molecule has 0 saturated carbocycles. The lowest BCUT2D eigenvalue weighted by Crippen LogP contribution is -2.38. The summed E-state index contributed by atoms with van der Waals surface area (Å²) in [6.45, 7) is 11.3. The molecule has 0 unspecified atom stereocenters. The molecular formula is C14H28N2O. The van der Waals surface area contributed by atoms with E-state index in [4.69, 9.17) is 0 Å². The van der Waals surface area contributed by atoms with E-state index in [1.165, 1.54) is 25.7 Å². The number of amides is 1. The number of likely N-dealkylation sites (tertiary alicyclic amines) is 1. The number of hydrogen-bond acceptors (Lipinski definition) is 2. The van der Waals surface area contributed by atoms with Crippen LogP contribution in [0.4, 0.5) is 0 Å². The summed E-state index contributed by atoms with van der Waals surface area (Å²) in [4.78, 5) is 13.2. The Kier molecular flexibility index (Phi) is 5.44. The predicted molar refractivity (Wildman–Crippen MR) is 72.0 cm³/mol. The van der Waals surface area contributed by atoms with Gasteiger partial charge < -0.3 is 10.2 Å². The lowest BCUT2D eigenvalue weighted by Gasteiger charge is -2.31. The van der Waals surface area contributed by atoms with Crippen LogP contribution in [0.3, 0.4) is 0 Å². The van der Waals surface area contributed by atoms with E-state index in [-0.39, 0.29) is 11.4 Å². The standard InChI is InChI=1S/C14H28N2O/c1-12(17)16-10-7-13(8-11-16)6-5-9-15-14(2,3)4/h13,15H,5-11H2,1-4H3. The second kappa shape index (κ2) is 6.39. The largest absolute Gasteiger partial charge is 0.343 e. The van der Waals surface area contributed by atoms with Gasteiger partial charge in [0.15, 0.2) is 0 Å². The van der Waals surface area contributed by atoms with Crippen LogP contribution in [-0.4, -0.2) is 36.0 Å². The number of hydrogen-bond donors (Lipinski definition) is 1. The molecule has 100 valence electrons. The summed E-state index contributed by atoms with van der Waals surface area (Å²) < 4.78 is 0. The van der Waals surface area contributed by atoms with Crippen LogP contribution in [0.25, 0.3) is 0 Å². The number of rotatable bonds is 4. The van der Waals surface area contributed by atoms with Gasteiger partial charge in [0, 0.05) is 25.6 Å². The second-order valence-electron chi connectivity index (χ2n) is 6.27. The van der Waals surface area contributed by atoms with Crippen LogP contribution in [0.1, 0.15) is 53.4 Å². The first kappa shape index (κ1) is 14.5. The number of nitrogens with one attached hydrogen (secondary N) is 1. The van der Waals surface area contributed by atoms with Gasteiger partial charge in [0.2, 0.25) is 5.91 Å². The molecule has 1 heterocycles. The zero-order chi connectivity index (χ0) is 12.9. The summed E-state index contributed by atoms with van der Waals surface area (Å²) in [5, 5.41) is 3.52. The molecule has 0 aromatic carbocycles. The van der Waals surface area contributed by atoms with Crippen molar-refractivity contribution in [2.45, 2.75) is 58.9 Å². The fraction of sp³-hybridized carbons (Fsp3) is 0.929. The molecule has 1 amide bonds. The van der Waals surface area contributed by atoms with Gasteiger partial charge in [-0.3, -0.25) is 4.79 Å². The van der Waals surface area contributed by atoms with E-state index in [1.807, 2.05) is 4.90 Å². The third-order valence-corrected chi connectivity index (χ3v) is 3.50. The summed E-state index contributed by atoms with van der Waals surface area (Å²) in [5.74, 6) is 1.06. The highest BCUT2D eigenvalue weighted by molar-refractivity contribution is 5.73. The Morgan fingerprint density at radius 2 is 1.88 bits per heavy atom. The Morgan fingerprint density at radius 1 is 1.29 bits per heavy atom. The molecule has 0 aromatic heterocycles. The molecule has 3 heteroatoms. The summed E-state index contributed by atoms with van der Waals surface area (Å²) in [7, 11) is 0. The molecule has 1 fully saturated rings. The molecule has 0 aromatic rings. The normalized spacial score (nSPS) is 18.5. The number of carbonyl (C=O) groups excluding carboxylic acids is 1. The van der Waals surface area contributed by atoms with Crippen LogP contribution in [0.5, 0.6) is 0 Å². The Bertz CT molecular complexity index is 237. The van der Waals surface area contributed by atoms with Crippen molar-refractivity contribution in [3.8, 4) is 0 Å². The molecule has 3 nitrogen and oxygen atoms in total. The highest BCUT2D eigenvalue weighted by Gasteiger charge is 2.20. The average molecular weight is 240 g/mol. The van der Waals surface area contributed by atoms with Gasteiger partial charge in [0.25, 0.3) is 0 Å². The molecule has 0 bridgehead atoms. The third-order valence-electron chi connectivity index (χ3n) is 3.50. The van der Waals surface area contributed by atoms with Crippen molar-refractivity contribution in [3.63, 3.8) is 0 Å². The van der Waals surface area contributed by atoms with Crippen LogP contribution in [0.15, 0.2) is 0 Å². The molecule has 0 radical (unpaired) electrons. The minimum absolute atomic E-state index is 0.234. The van der Waals surface area contributed by atoms with Crippen molar-refractivity contribution in [2.24, 2.45) is 5.92 Å². The van der Waals surface area contributed by atoms with Crippen LogP contribution >= 0.6 is 0 Å². The van der Waals surface area contributed by atoms with Gasteiger partial charge in [-0.1, -0.05) is 0 Å². The number of piperidine rings is 1. The maximum absolute atomic E-state index is 11.2. The first-order valence-electron chi connectivity index (χ1n) is 6.89. The van der Waals surface area contributed by atoms with Gasteiger partial charge in [0.1, 0.15) is 0 Å². The zero-order valence-electron chi connectivity index (χ0n) is 11.9. The molecule has 1 aliphatic rings. The maximum atomic E-state index is 11.2. The highest BCUT2D eigenvalue weighted by atomic mass is 16.2. The summed E-state index contributed by atoms with van der Waals surface area (Å²) in [6.07, 6.45) is 4.93. The van der Waals surface area contributed by atoms with E-state index in [0.29, 0.717) is 0 Å². The molecule has 17 heavy (non-hydrogen) atoms. The summed E-state index contributed by atoms with van der Waals surface area (Å²) in [5.41, 5.74) is 0.234. The first-order valence-corrected chi connectivity index (χ1v) is 6.89. The molecule has 1 aliphatic heterocycles. The van der Waals surface area contributed by atoms with E-state index in [1.54, 1.807) is 6.92 Å². The molecule has 0 aliphatic carbocycles. The topological polar surface area (TPSA) is 32.3 Å². The lowest BCUT2D eigenvalue weighted by molar-refractivity contribution is -0.130. The quantitative estimate of drug-likeness (QED) is 0.765. The van der Waals surface area contributed by atoms with Crippen molar-refractivity contribution in [1.82, 2.24) is 10.2 Å². The smallest absolute Gasteiger partial charge is 0.219 e. The highest BCUT2D eigenvalue weighted by Crippen LogP contribution is 2.21. The molecule has 1 rings (SSSR count). The van der Waals surface area contributed by atoms with Gasteiger partial charge in [-0.2, -0.15) is 0 Å². The van der Waals surface area contributed by atoms with E-state index >= 15 is 0 Å². The molecule has 0 spiro atoms. The minimum Gasteiger partial charge on any atom is -0.343 e. The van der Waals surface area contributed by atoms with Crippen molar-refractivity contribution in [3.05, 3.63) is 0 Å². The van der Waals surface area contributed by atoms with Crippen LogP contribution < -0.4 is 5.32 Å². The van der Waals surface area contributed by atoms with E-state index in [2.05, 4.69) is 26.1 Å². The van der Waals surface area contributed by atoms with Gasteiger partial charge >= 0.3 is 0 Å². The molecular weight excluding hydrogens is 212 g/mol. The lowest BCUT2D eigenvalue weighted by atomic mass is 9.92. The Labute approximate surface area is 106 Å². The molecule has 1 saturated heterocycles. The van der Waals surface area contributed by atoms with Gasteiger partial charge in [-0.15, -0.1) is 0 Å². The van der Waals surface area contributed by atoms with Crippen LogP contribution in [0.2, 0.25) is 0 Å². The van der Waals surface area contributed by atoms with Crippen molar-refractivity contribution in [2.75, 3.05) is 19.6 Å². The van der Waals surface area contributed by atoms with Crippen LogP contribution in [-0.2, 0) is 4.79 Å². The summed E-state index contributed by atoms with van der Waals surface area (Å²) >= 11 is 0. The Morgan fingerprint density at radius 3 is 2.35 bits per heavy atom. The minimum atomic E-state index is 0.234. The first-order chi connectivity index (χ1) is 7.88. The fourth-order valence-corrected chi connectivity index (χ4v) is 2.39. The van der Waals surface area contributed by atoms with E-state index in [9.17, 15) is 4.79 Å². The van der Waals surface area contributed by atoms with Gasteiger partial charge in [-0.25, -0.2) is 0 Å². The van der Waals surface area contributed by atoms with Gasteiger partial charge in [-0.05, 0) is 58.9 Å². The number of nitrogens with zero attached hydrogens (tertiary/aromatic N) is 1. The molecule has 1 N–H and O–H groups in total. The molecule has 0 atom stereocenters. The van der Waals surface area contributed by atoms with E-state index in [0.717, 1.165) is 25.6 Å². The summed E-state index contributed by atoms with van der Waals surface area (Å²) in [6, 6.07) is 0. The maximum Gasteiger partial charge on any atom is 0.219 e. The zero-order valence-corrected chi connectivity index (χ0v) is 11.9. The number of carbonyl (C=O) groups is 1. The predicted octanol–water partition coefficient (Wildman–Crippen LogP) is 2.41. The van der Waals surface area contributed by atoms with Crippen molar-refractivity contribution >= 4 is 5.91 Å². The Hall–Kier alpha value is -0.570. The van der Waals surface area contributed by atoms with Crippen LogP contribution in [0, 0.1) is 5.92 Å².